The lowest BCUT2D eigenvalue weighted by Gasteiger charge is -2.16. The van der Waals surface area contributed by atoms with Crippen LogP contribution < -0.4 is 5.73 Å². The van der Waals surface area contributed by atoms with Crippen LogP contribution in [0.4, 0.5) is 5.82 Å². The fourth-order valence-corrected chi connectivity index (χ4v) is 3.41. The summed E-state index contributed by atoms with van der Waals surface area (Å²) in [6.07, 6.45) is 2.75. The third-order valence-electron chi connectivity index (χ3n) is 3.06. The molecule has 0 amide bonds. The number of imidazole rings is 1. The first-order valence-corrected chi connectivity index (χ1v) is 8.21. The van der Waals surface area contributed by atoms with Gasteiger partial charge < -0.3 is 24.1 Å². The SMILES string of the molecule is C[C@H](Cn1cnc2c(N)ncnc21)OCP1(=O)OCCO1. The molecule has 0 spiro atoms. The average Bonchev–Trinajstić information content (AvgIpc) is 3.06. The zero-order valence-corrected chi connectivity index (χ0v) is 12.4. The van der Waals surface area contributed by atoms with Gasteiger partial charge >= 0.3 is 7.60 Å². The van der Waals surface area contributed by atoms with E-state index in [0.717, 1.165) is 0 Å². The van der Waals surface area contributed by atoms with Crippen molar-refractivity contribution in [3.05, 3.63) is 12.7 Å². The minimum Gasteiger partial charge on any atom is -0.382 e. The zero-order chi connectivity index (χ0) is 14.9. The van der Waals surface area contributed by atoms with E-state index in [2.05, 4.69) is 15.0 Å². The molecule has 0 bridgehead atoms. The number of anilines is 1. The van der Waals surface area contributed by atoms with Gasteiger partial charge in [0.05, 0.1) is 32.2 Å². The summed E-state index contributed by atoms with van der Waals surface area (Å²) in [5.41, 5.74) is 6.92. The quantitative estimate of drug-likeness (QED) is 0.813. The van der Waals surface area contributed by atoms with Gasteiger partial charge in [0.25, 0.3) is 0 Å². The van der Waals surface area contributed by atoms with Crippen LogP contribution in [0.5, 0.6) is 0 Å². The molecule has 1 fully saturated rings. The van der Waals surface area contributed by atoms with E-state index in [1.165, 1.54) is 6.33 Å². The molecule has 0 unspecified atom stereocenters. The van der Waals surface area contributed by atoms with E-state index in [-0.39, 0.29) is 12.5 Å². The van der Waals surface area contributed by atoms with Crippen molar-refractivity contribution < 1.29 is 18.3 Å². The van der Waals surface area contributed by atoms with E-state index in [4.69, 9.17) is 19.5 Å². The molecule has 3 rings (SSSR count). The standard InChI is InChI=1S/C11H16N5O4P/c1-8(18-7-21(17)19-2-3-20-21)4-16-6-15-9-10(12)13-5-14-11(9)16/h5-6,8H,2-4,7H2,1H3,(H2,12,13,14)/t8-/m1/s1. The first-order valence-electron chi connectivity index (χ1n) is 6.48. The largest absolute Gasteiger partial charge is 0.382 e. The van der Waals surface area contributed by atoms with Crippen LogP contribution in [0.2, 0.25) is 0 Å². The normalized spacial score (nSPS) is 19.1. The molecule has 2 aromatic rings. The van der Waals surface area contributed by atoms with Crippen molar-refractivity contribution in [3.63, 3.8) is 0 Å². The fraction of sp³-hybridized carbons (Fsp3) is 0.545. The maximum Gasteiger partial charge on any atom is 0.356 e. The molecule has 0 saturated carbocycles. The highest BCUT2D eigenvalue weighted by Crippen LogP contribution is 2.51. The Bertz CT molecular complexity index is 680. The molecule has 1 saturated heterocycles. The van der Waals surface area contributed by atoms with Crippen LogP contribution in [-0.4, -0.2) is 45.2 Å². The maximum atomic E-state index is 12.0. The van der Waals surface area contributed by atoms with Crippen molar-refractivity contribution in [1.82, 2.24) is 19.5 Å². The number of hydrogen-bond donors (Lipinski definition) is 1. The average molecular weight is 313 g/mol. The number of hydrogen-bond acceptors (Lipinski definition) is 8. The molecule has 1 atom stereocenters. The molecule has 2 N–H and O–H groups in total. The topological polar surface area (TPSA) is 114 Å². The van der Waals surface area contributed by atoms with E-state index in [9.17, 15) is 4.57 Å². The number of fused-ring (bicyclic) bond motifs is 1. The lowest BCUT2D eigenvalue weighted by atomic mass is 10.4. The number of rotatable bonds is 5. The second-order valence-corrected chi connectivity index (χ2v) is 6.71. The molecule has 1 aliphatic rings. The zero-order valence-electron chi connectivity index (χ0n) is 11.5. The molecule has 0 aliphatic carbocycles. The molecule has 0 radical (unpaired) electrons. The molecule has 1 aliphatic heterocycles. The van der Waals surface area contributed by atoms with E-state index in [0.29, 0.717) is 36.7 Å². The number of nitrogens with two attached hydrogens (primary N) is 1. The Labute approximate surface area is 121 Å². The van der Waals surface area contributed by atoms with Gasteiger partial charge in [-0.2, -0.15) is 0 Å². The summed E-state index contributed by atoms with van der Waals surface area (Å²) in [5, 5.41) is 0. The van der Waals surface area contributed by atoms with Gasteiger partial charge in [-0.25, -0.2) is 15.0 Å². The van der Waals surface area contributed by atoms with Crippen molar-refractivity contribution in [3.8, 4) is 0 Å². The van der Waals surface area contributed by atoms with Crippen LogP contribution in [0, 0.1) is 0 Å². The maximum absolute atomic E-state index is 12.0. The molecular weight excluding hydrogens is 297 g/mol. The Morgan fingerprint density at radius 2 is 2.19 bits per heavy atom. The second kappa shape index (κ2) is 5.69. The van der Waals surface area contributed by atoms with E-state index in [1.807, 2.05) is 11.5 Å². The summed E-state index contributed by atoms with van der Waals surface area (Å²) in [6.45, 7) is 3.04. The molecule has 21 heavy (non-hydrogen) atoms. The molecule has 0 aromatic carbocycles. The van der Waals surface area contributed by atoms with E-state index >= 15 is 0 Å². The van der Waals surface area contributed by atoms with Gasteiger partial charge in [0, 0.05) is 0 Å². The minimum absolute atomic E-state index is 0.0576. The highest BCUT2D eigenvalue weighted by Gasteiger charge is 2.31. The number of nitrogen functional groups attached to an aromatic ring is 1. The van der Waals surface area contributed by atoms with Crippen molar-refractivity contribution in [2.75, 3.05) is 25.3 Å². The van der Waals surface area contributed by atoms with Crippen LogP contribution in [0.15, 0.2) is 12.7 Å². The smallest absolute Gasteiger partial charge is 0.356 e. The Hall–Kier alpha value is -1.54. The number of nitrogens with zero attached hydrogens (tertiary/aromatic N) is 4. The Kier molecular flexibility index (Phi) is 3.90. The summed E-state index contributed by atoms with van der Waals surface area (Å²) >= 11 is 0. The second-order valence-electron chi connectivity index (χ2n) is 4.71. The van der Waals surface area contributed by atoms with Gasteiger partial charge in [0.2, 0.25) is 0 Å². The third-order valence-corrected chi connectivity index (χ3v) is 4.68. The Balaban J connectivity index is 1.65. The summed E-state index contributed by atoms with van der Waals surface area (Å²) in [5.74, 6) is 0.338. The molecule has 114 valence electrons. The van der Waals surface area contributed by atoms with Crippen molar-refractivity contribution >= 4 is 24.6 Å². The lowest BCUT2D eigenvalue weighted by Crippen LogP contribution is -2.17. The summed E-state index contributed by atoms with van der Waals surface area (Å²) < 4.78 is 29.4. The van der Waals surface area contributed by atoms with Crippen LogP contribution in [0.1, 0.15) is 6.92 Å². The van der Waals surface area contributed by atoms with Crippen LogP contribution in [-0.2, 0) is 24.9 Å². The van der Waals surface area contributed by atoms with Gasteiger partial charge in [-0.15, -0.1) is 0 Å². The molecule has 10 heteroatoms. The highest BCUT2D eigenvalue weighted by molar-refractivity contribution is 7.53. The van der Waals surface area contributed by atoms with Gasteiger partial charge in [-0.05, 0) is 6.92 Å². The fourth-order valence-electron chi connectivity index (χ4n) is 2.05. The van der Waals surface area contributed by atoms with Gasteiger partial charge in [-0.1, -0.05) is 0 Å². The number of aromatic nitrogens is 4. The Morgan fingerprint density at radius 3 is 2.95 bits per heavy atom. The van der Waals surface area contributed by atoms with Gasteiger partial charge in [0.15, 0.2) is 11.5 Å². The van der Waals surface area contributed by atoms with Crippen molar-refractivity contribution in [2.24, 2.45) is 0 Å². The van der Waals surface area contributed by atoms with E-state index in [1.54, 1.807) is 6.33 Å². The predicted molar refractivity (Wildman–Crippen MR) is 74.7 cm³/mol. The minimum atomic E-state index is -3.06. The lowest BCUT2D eigenvalue weighted by molar-refractivity contribution is 0.0761. The molecule has 9 nitrogen and oxygen atoms in total. The molecule has 3 heterocycles. The highest BCUT2D eigenvalue weighted by atomic mass is 31.2. The van der Waals surface area contributed by atoms with Crippen LogP contribution in [0.3, 0.4) is 0 Å². The first kappa shape index (κ1) is 14.4. The van der Waals surface area contributed by atoms with Gasteiger partial charge in [0.1, 0.15) is 18.2 Å². The first-order chi connectivity index (χ1) is 10.1. The third kappa shape index (κ3) is 3.06. The van der Waals surface area contributed by atoms with Gasteiger partial charge in [-0.3, -0.25) is 4.57 Å². The van der Waals surface area contributed by atoms with Crippen LogP contribution >= 0.6 is 7.60 Å². The van der Waals surface area contributed by atoms with Crippen molar-refractivity contribution in [2.45, 2.75) is 19.6 Å². The summed E-state index contributed by atoms with van der Waals surface area (Å²) in [4.78, 5) is 12.2. The molecule has 2 aromatic heterocycles. The predicted octanol–water partition coefficient (Wildman–Crippen LogP) is 1.01. The van der Waals surface area contributed by atoms with E-state index < -0.39 is 7.60 Å². The Morgan fingerprint density at radius 1 is 1.43 bits per heavy atom. The summed E-state index contributed by atoms with van der Waals surface area (Å²) in [6, 6.07) is 0. The monoisotopic (exact) mass is 313 g/mol. The number of ether oxygens (including phenoxy) is 1. The summed E-state index contributed by atoms with van der Waals surface area (Å²) in [7, 11) is -3.06. The molecular formula is C11H16N5O4P. The van der Waals surface area contributed by atoms with Crippen LogP contribution in [0.25, 0.3) is 11.2 Å². The van der Waals surface area contributed by atoms with Crippen molar-refractivity contribution in [1.29, 1.82) is 0 Å².